The van der Waals surface area contributed by atoms with E-state index in [2.05, 4.69) is 39.7 Å². The largest absolute Gasteiger partial charge is 0.444 e. The van der Waals surface area contributed by atoms with Gasteiger partial charge in [-0.1, -0.05) is 18.8 Å². The molecule has 3 rings (SSSR count). The number of amides is 3. The third-order valence-electron chi connectivity index (χ3n) is 6.65. The topological polar surface area (TPSA) is 129 Å². The van der Waals surface area contributed by atoms with Gasteiger partial charge < -0.3 is 25.6 Å². The van der Waals surface area contributed by atoms with E-state index < -0.39 is 17.7 Å². The Balaban J connectivity index is 1.55. The molecule has 11 heteroatoms. The van der Waals surface area contributed by atoms with Crippen LogP contribution in [0.1, 0.15) is 82.6 Å². The Morgan fingerprint density at radius 3 is 2.47 bits per heavy atom. The van der Waals surface area contributed by atoms with Gasteiger partial charge in [0.2, 0.25) is 11.9 Å². The Hall–Kier alpha value is -4.33. The molecule has 0 bridgehead atoms. The lowest BCUT2D eigenvalue weighted by atomic mass is 10.2. The first-order valence-electron chi connectivity index (χ1n) is 14.9. The first-order valence-corrected chi connectivity index (χ1v) is 14.9. The molecular weight excluding hydrogens is 546 g/mol. The van der Waals surface area contributed by atoms with Crippen molar-refractivity contribution in [2.45, 2.75) is 84.4 Å². The first-order chi connectivity index (χ1) is 20.4. The second kappa shape index (κ2) is 15.2. The molecule has 1 saturated carbocycles. The van der Waals surface area contributed by atoms with Crippen LogP contribution in [0, 0.1) is 11.8 Å². The average Bonchev–Trinajstić information content (AvgIpc) is 3.78. The van der Waals surface area contributed by atoms with Crippen molar-refractivity contribution >= 4 is 35.4 Å². The number of carbonyl (C=O) groups excluding carboxylic acids is 3. The van der Waals surface area contributed by atoms with Crippen LogP contribution in [0.15, 0.2) is 30.5 Å². The summed E-state index contributed by atoms with van der Waals surface area (Å²) >= 11 is 0. The van der Waals surface area contributed by atoms with Gasteiger partial charge in [0.15, 0.2) is 0 Å². The fourth-order valence-corrected chi connectivity index (χ4v) is 3.95. The molecule has 1 aliphatic carbocycles. The highest BCUT2D eigenvalue weighted by Crippen LogP contribution is 2.22. The van der Waals surface area contributed by atoms with Gasteiger partial charge in [-0.25, -0.2) is 9.78 Å². The molecule has 3 amide bonds. The van der Waals surface area contributed by atoms with Gasteiger partial charge in [0.05, 0.1) is 11.8 Å². The van der Waals surface area contributed by atoms with E-state index in [4.69, 9.17) is 9.72 Å². The number of aromatic nitrogens is 2. The summed E-state index contributed by atoms with van der Waals surface area (Å²) in [5, 5.41) is 9.06. The summed E-state index contributed by atoms with van der Waals surface area (Å²) in [4.78, 5) is 49.5. The van der Waals surface area contributed by atoms with Crippen molar-refractivity contribution in [2.75, 3.05) is 37.4 Å². The zero-order chi connectivity index (χ0) is 31.6. The highest BCUT2D eigenvalue weighted by molar-refractivity contribution is 5.95. The maximum atomic E-state index is 12.5. The number of likely N-dealkylation sites (N-methyl/N-ethyl adjacent to an activating group) is 1. The standard InChI is InChI=1S/C32H45N7O4/c1-8-20-38(6)27-24(12-10-9-11-19-33-28(40)22(2)39(7)31(42)43-32(3,4)5)21-34-30(37-27)36-26-15-13-23(14-16-26)29(41)35-25-17-18-25/h13-16,21-22,25H,8-9,11,17-20H2,1-7H3,(H,33,40)(H,35,41)(H,34,36,37)/t22-/m0/s1. The Morgan fingerprint density at radius 1 is 1.14 bits per heavy atom. The predicted molar refractivity (Wildman–Crippen MR) is 168 cm³/mol. The minimum absolute atomic E-state index is 0.0561. The van der Waals surface area contributed by atoms with Crippen molar-refractivity contribution in [3.63, 3.8) is 0 Å². The van der Waals surface area contributed by atoms with E-state index in [1.54, 1.807) is 53.1 Å². The number of hydrogen-bond donors (Lipinski definition) is 3. The predicted octanol–water partition coefficient (Wildman–Crippen LogP) is 4.46. The van der Waals surface area contributed by atoms with Gasteiger partial charge in [-0.3, -0.25) is 14.5 Å². The zero-order valence-electron chi connectivity index (χ0n) is 26.4. The fraction of sp³-hybridized carbons (Fsp3) is 0.531. The summed E-state index contributed by atoms with van der Waals surface area (Å²) in [5.74, 6) is 7.19. The first kappa shape index (κ1) is 33.2. The smallest absolute Gasteiger partial charge is 0.410 e. The van der Waals surface area contributed by atoms with Crippen molar-refractivity contribution in [3.8, 4) is 11.8 Å². The highest BCUT2D eigenvalue weighted by Gasteiger charge is 2.27. The normalized spacial score (nSPS) is 13.2. The maximum Gasteiger partial charge on any atom is 0.410 e. The molecule has 0 saturated heterocycles. The number of nitrogens with zero attached hydrogens (tertiary/aromatic N) is 4. The molecular formula is C32H45N7O4. The van der Waals surface area contributed by atoms with E-state index in [9.17, 15) is 14.4 Å². The van der Waals surface area contributed by atoms with Crippen LogP contribution in [-0.2, 0) is 9.53 Å². The molecule has 0 spiro atoms. The maximum absolute atomic E-state index is 12.5. The van der Waals surface area contributed by atoms with Gasteiger partial charge in [0, 0.05) is 50.9 Å². The Labute approximate surface area is 255 Å². The summed E-state index contributed by atoms with van der Waals surface area (Å²) in [5.41, 5.74) is 1.48. The highest BCUT2D eigenvalue weighted by atomic mass is 16.6. The summed E-state index contributed by atoms with van der Waals surface area (Å²) in [6, 6.07) is 6.89. The van der Waals surface area contributed by atoms with Gasteiger partial charge in [0.25, 0.3) is 5.91 Å². The van der Waals surface area contributed by atoms with Gasteiger partial charge in [0.1, 0.15) is 17.5 Å². The number of nitrogens with one attached hydrogen (secondary N) is 3. The molecule has 0 unspecified atom stereocenters. The van der Waals surface area contributed by atoms with Crippen LogP contribution in [0.5, 0.6) is 0 Å². The Kier molecular flexibility index (Phi) is 11.8. The number of hydrogen-bond acceptors (Lipinski definition) is 8. The van der Waals surface area contributed by atoms with Gasteiger partial charge >= 0.3 is 6.09 Å². The number of rotatable bonds is 12. The van der Waals surface area contributed by atoms with E-state index in [0.717, 1.165) is 37.3 Å². The van der Waals surface area contributed by atoms with E-state index in [1.165, 1.54) is 4.90 Å². The fourth-order valence-electron chi connectivity index (χ4n) is 3.95. The third-order valence-corrected chi connectivity index (χ3v) is 6.65. The summed E-state index contributed by atoms with van der Waals surface area (Å²) in [6.07, 6.45) is 5.42. The molecule has 2 aromatic rings. The second-order valence-corrected chi connectivity index (χ2v) is 11.8. The van der Waals surface area contributed by atoms with Crippen molar-refractivity contribution in [1.29, 1.82) is 0 Å². The van der Waals surface area contributed by atoms with Gasteiger partial charge in [-0.2, -0.15) is 4.98 Å². The molecule has 1 aromatic carbocycles. The third kappa shape index (κ3) is 10.8. The SMILES string of the molecule is CCCN(C)c1nc(Nc2ccc(C(=O)NC3CC3)cc2)ncc1C#CCCCNC(=O)[C@H](C)N(C)C(=O)OC(C)(C)C. The second-order valence-electron chi connectivity index (χ2n) is 11.8. The quantitative estimate of drug-likeness (QED) is 0.244. The van der Waals surface area contributed by atoms with Gasteiger partial charge in [-0.05, 0) is 77.6 Å². The van der Waals surface area contributed by atoms with Crippen LogP contribution in [0.3, 0.4) is 0 Å². The van der Waals surface area contributed by atoms with Crippen LogP contribution in [0.25, 0.3) is 0 Å². The molecule has 43 heavy (non-hydrogen) atoms. The lowest BCUT2D eigenvalue weighted by Crippen LogP contribution is -2.47. The molecule has 1 aromatic heterocycles. The lowest BCUT2D eigenvalue weighted by Gasteiger charge is -2.28. The van der Waals surface area contributed by atoms with Crippen molar-refractivity contribution in [1.82, 2.24) is 25.5 Å². The lowest BCUT2D eigenvalue weighted by molar-refractivity contribution is -0.125. The summed E-state index contributed by atoms with van der Waals surface area (Å²) < 4.78 is 5.33. The summed E-state index contributed by atoms with van der Waals surface area (Å²) in [7, 11) is 3.52. The molecule has 11 nitrogen and oxygen atoms in total. The Morgan fingerprint density at radius 2 is 1.84 bits per heavy atom. The molecule has 232 valence electrons. The summed E-state index contributed by atoms with van der Waals surface area (Å²) in [6.45, 7) is 10.4. The molecule has 1 heterocycles. The van der Waals surface area contributed by atoms with Crippen LogP contribution in [0.4, 0.5) is 22.2 Å². The van der Waals surface area contributed by atoms with Crippen LogP contribution in [0.2, 0.25) is 0 Å². The minimum atomic E-state index is -0.661. The number of carbonyl (C=O) groups is 3. The monoisotopic (exact) mass is 591 g/mol. The molecule has 0 aliphatic heterocycles. The van der Waals surface area contributed by atoms with E-state index in [0.29, 0.717) is 42.5 Å². The van der Waals surface area contributed by atoms with Crippen LogP contribution >= 0.6 is 0 Å². The van der Waals surface area contributed by atoms with Crippen molar-refractivity contribution < 1.29 is 19.1 Å². The Bertz CT molecular complexity index is 1320. The number of anilines is 3. The molecule has 1 atom stereocenters. The van der Waals surface area contributed by atoms with Crippen molar-refractivity contribution in [2.24, 2.45) is 0 Å². The average molecular weight is 592 g/mol. The molecule has 0 radical (unpaired) electrons. The van der Waals surface area contributed by atoms with E-state index in [1.807, 2.05) is 24.1 Å². The minimum Gasteiger partial charge on any atom is -0.444 e. The molecule has 3 N–H and O–H groups in total. The number of unbranched alkanes of at least 4 members (excludes halogenated alkanes) is 1. The van der Waals surface area contributed by atoms with Crippen LogP contribution < -0.4 is 20.9 Å². The molecule has 1 aliphatic rings. The van der Waals surface area contributed by atoms with Gasteiger partial charge in [-0.15, -0.1) is 0 Å². The van der Waals surface area contributed by atoms with E-state index in [-0.39, 0.29) is 11.8 Å². The van der Waals surface area contributed by atoms with Crippen LogP contribution in [-0.4, -0.2) is 77.6 Å². The number of benzene rings is 1. The van der Waals surface area contributed by atoms with E-state index >= 15 is 0 Å². The molecule has 1 fully saturated rings. The number of ether oxygens (including phenoxy) is 1. The van der Waals surface area contributed by atoms with Crippen molar-refractivity contribution in [3.05, 3.63) is 41.6 Å². The zero-order valence-corrected chi connectivity index (χ0v) is 26.4.